The van der Waals surface area contributed by atoms with Crippen molar-refractivity contribution < 1.29 is 4.74 Å². The molecule has 16 heavy (non-hydrogen) atoms. The van der Waals surface area contributed by atoms with Gasteiger partial charge in [-0.05, 0) is 23.8 Å². The molecule has 0 saturated carbocycles. The molecule has 0 aliphatic carbocycles. The monoisotopic (exact) mass is 217 g/mol. The molecule has 0 bridgehead atoms. The second-order valence-corrected chi connectivity index (χ2v) is 3.61. The fourth-order valence-electron chi connectivity index (χ4n) is 1.57. The van der Waals surface area contributed by atoms with Crippen molar-refractivity contribution in [3.05, 3.63) is 47.3 Å². The number of nitrogens with two attached hydrogens (primary N) is 1. The van der Waals surface area contributed by atoms with E-state index in [4.69, 9.17) is 10.5 Å². The lowest BCUT2D eigenvalue weighted by Crippen LogP contribution is -1.95. The smallest absolute Gasteiger partial charge is 0.118 e. The van der Waals surface area contributed by atoms with Crippen molar-refractivity contribution in [3.8, 4) is 5.75 Å². The molecular formula is C12H15N3O. The summed E-state index contributed by atoms with van der Waals surface area (Å²) in [5.74, 6) is 0.871. The zero-order chi connectivity index (χ0) is 11.4. The molecule has 0 amide bonds. The van der Waals surface area contributed by atoms with Gasteiger partial charge in [-0.15, -0.1) is 0 Å². The summed E-state index contributed by atoms with van der Waals surface area (Å²) in [5.41, 5.74) is 8.68. The van der Waals surface area contributed by atoms with Crippen LogP contribution in [0, 0.1) is 0 Å². The molecule has 0 atom stereocenters. The molecule has 1 heterocycles. The van der Waals surface area contributed by atoms with Crippen molar-refractivity contribution in [1.29, 1.82) is 0 Å². The average molecular weight is 217 g/mol. The summed E-state index contributed by atoms with van der Waals surface area (Å²) >= 11 is 0. The maximum absolute atomic E-state index is 5.50. The Kier molecular flexibility index (Phi) is 3.22. The first-order valence-corrected chi connectivity index (χ1v) is 5.18. The van der Waals surface area contributed by atoms with E-state index in [9.17, 15) is 0 Å². The van der Waals surface area contributed by atoms with Crippen LogP contribution in [-0.4, -0.2) is 17.3 Å². The normalized spacial score (nSPS) is 10.4. The number of nitrogens with one attached hydrogen (secondary N) is 1. The standard InChI is InChI=1S/C12H15N3O/c1-16-12-4-2-9(3-5-12)6-10-7-11(8-13)15-14-10/h2-5,7H,6,8,13H2,1H3,(H,14,15). The largest absolute Gasteiger partial charge is 0.497 e. The molecule has 3 N–H and O–H groups in total. The third-order valence-corrected chi connectivity index (χ3v) is 2.45. The highest BCUT2D eigenvalue weighted by molar-refractivity contribution is 5.29. The van der Waals surface area contributed by atoms with E-state index in [2.05, 4.69) is 10.2 Å². The summed E-state index contributed by atoms with van der Waals surface area (Å²) in [4.78, 5) is 0. The van der Waals surface area contributed by atoms with Crippen molar-refractivity contribution >= 4 is 0 Å². The predicted molar refractivity (Wildman–Crippen MR) is 62.3 cm³/mol. The van der Waals surface area contributed by atoms with Gasteiger partial charge in [0, 0.05) is 18.7 Å². The van der Waals surface area contributed by atoms with Crippen molar-refractivity contribution in [2.75, 3.05) is 7.11 Å². The lowest BCUT2D eigenvalue weighted by Gasteiger charge is -2.01. The Hall–Kier alpha value is -1.81. The molecule has 1 aromatic carbocycles. The van der Waals surface area contributed by atoms with Crippen LogP contribution in [0.3, 0.4) is 0 Å². The molecule has 0 radical (unpaired) electrons. The van der Waals surface area contributed by atoms with Gasteiger partial charge in [0.15, 0.2) is 0 Å². The van der Waals surface area contributed by atoms with Crippen molar-refractivity contribution in [3.63, 3.8) is 0 Å². The number of hydrogen-bond donors (Lipinski definition) is 2. The predicted octanol–water partition coefficient (Wildman–Crippen LogP) is 1.47. The third kappa shape index (κ3) is 2.41. The fraction of sp³-hybridized carbons (Fsp3) is 0.250. The molecule has 4 heteroatoms. The minimum Gasteiger partial charge on any atom is -0.497 e. The number of H-pyrrole nitrogens is 1. The lowest BCUT2D eigenvalue weighted by atomic mass is 10.1. The van der Waals surface area contributed by atoms with E-state index in [0.29, 0.717) is 6.54 Å². The Balaban J connectivity index is 2.08. The van der Waals surface area contributed by atoms with Gasteiger partial charge in [0.05, 0.1) is 12.8 Å². The average Bonchev–Trinajstić information content (AvgIpc) is 2.78. The fourth-order valence-corrected chi connectivity index (χ4v) is 1.57. The summed E-state index contributed by atoms with van der Waals surface area (Å²) < 4.78 is 5.10. The molecule has 0 saturated heterocycles. The zero-order valence-electron chi connectivity index (χ0n) is 9.23. The number of rotatable bonds is 4. The molecule has 1 aromatic heterocycles. The molecule has 0 fully saturated rings. The van der Waals surface area contributed by atoms with Gasteiger partial charge in [0.25, 0.3) is 0 Å². The van der Waals surface area contributed by atoms with Crippen LogP contribution in [0.1, 0.15) is 17.0 Å². The number of ether oxygens (including phenoxy) is 1. The minimum absolute atomic E-state index is 0.471. The van der Waals surface area contributed by atoms with Crippen molar-refractivity contribution in [2.45, 2.75) is 13.0 Å². The van der Waals surface area contributed by atoms with Crippen LogP contribution in [0.2, 0.25) is 0 Å². The van der Waals surface area contributed by atoms with E-state index >= 15 is 0 Å². The molecule has 84 valence electrons. The van der Waals surface area contributed by atoms with Crippen LogP contribution in [0.25, 0.3) is 0 Å². The Labute approximate surface area is 94.4 Å². The van der Waals surface area contributed by atoms with Crippen LogP contribution >= 0.6 is 0 Å². The maximum Gasteiger partial charge on any atom is 0.118 e. The van der Waals surface area contributed by atoms with Gasteiger partial charge in [-0.1, -0.05) is 12.1 Å². The summed E-state index contributed by atoms with van der Waals surface area (Å²) in [5, 5.41) is 7.06. The van der Waals surface area contributed by atoms with E-state index in [1.165, 1.54) is 5.56 Å². The minimum atomic E-state index is 0.471. The molecule has 0 aliphatic rings. The highest BCUT2D eigenvalue weighted by Crippen LogP contribution is 2.14. The zero-order valence-corrected chi connectivity index (χ0v) is 9.23. The molecule has 0 unspecified atom stereocenters. The Morgan fingerprint density at radius 2 is 2.06 bits per heavy atom. The molecule has 0 spiro atoms. The lowest BCUT2D eigenvalue weighted by molar-refractivity contribution is 0.414. The molecule has 0 aliphatic heterocycles. The highest BCUT2D eigenvalue weighted by Gasteiger charge is 2.01. The number of benzene rings is 1. The van der Waals surface area contributed by atoms with Crippen LogP contribution in [0.15, 0.2) is 30.3 Å². The van der Waals surface area contributed by atoms with Gasteiger partial charge < -0.3 is 10.5 Å². The summed E-state index contributed by atoms with van der Waals surface area (Å²) in [7, 11) is 1.66. The van der Waals surface area contributed by atoms with Gasteiger partial charge in [-0.3, -0.25) is 5.10 Å². The number of aromatic amines is 1. The molecular weight excluding hydrogens is 202 g/mol. The third-order valence-electron chi connectivity index (χ3n) is 2.45. The summed E-state index contributed by atoms with van der Waals surface area (Å²) in [6.07, 6.45) is 0.830. The number of hydrogen-bond acceptors (Lipinski definition) is 3. The van der Waals surface area contributed by atoms with E-state index in [1.807, 2.05) is 30.3 Å². The first kappa shape index (κ1) is 10.7. The highest BCUT2D eigenvalue weighted by atomic mass is 16.5. The van der Waals surface area contributed by atoms with Gasteiger partial charge in [-0.2, -0.15) is 5.10 Å². The topological polar surface area (TPSA) is 63.9 Å². The van der Waals surface area contributed by atoms with E-state index in [0.717, 1.165) is 23.6 Å². The van der Waals surface area contributed by atoms with Crippen LogP contribution in [-0.2, 0) is 13.0 Å². The van der Waals surface area contributed by atoms with Crippen molar-refractivity contribution in [1.82, 2.24) is 10.2 Å². The number of methoxy groups -OCH3 is 1. The van der Waals surface area contributed by atoms with Gasteiger partial charge in [0.1, 0.15) is 5.75 Å². The Bertz CT molecular complexity index is 448. The number of nitrogens with zero attached hydrogens (tertiary/aromatic N) is 1. The quantitative estimate of drug-likeness (QED) is 0.815. The van der Waals surface area contributed by atoms with Gasteiger partial charge >= 0.3 is 0 Å². The van der Waals surface area contributed by atoms with Crippen LogP contribution in [0.4, 0.5) is 0 Å². The SMILES string of the molecule is COc1ccc(Cc2cc(CN)n[nH]2)cc1. The Morgan fingerprint density at radius 3 is 2.62 bits per heavy atom. The molecule has 4 nitrogen and oxygen atoms in total. The maximum atomic E-state index is 5.50. The second kappa shape index (κ2) is 4.81. The van der Waals surface area contributed by atoms with E-state index in [1.54, 1.807) is 7.11 Å². The number of aromatic nitrogens is 2. The van der Waals surface area contributed by atoms with Crippen LogP contribution < -0.4 is 10.5 Å². The van der Waals surface area contributed by atoms with Crippen molar-refractivity contribution in [2.24, 2.45) is 5.73 Å². The van der Waals surface area contributed by atoms with Crippen LogP contribution in [0.5, 0.6) is 5.75 Å². The summed E-state index contributed by atoms with van der Waals surface area (Å²) in [6.45, 7) is 0.471. The first-order valence-electron chi connectivity index (χ1n) is 5.18. The molecule has 2 rings (SSSR count). The van der Waals surface area contributed by atoms with Gasteiger partial charge in [0.2, 0.25) is 0 Å². The Morgan fingerprint density at radius 1 is 1.31 bits per heavy atom. The summed E-state index contributed by atoms with van der Waals surface area (Å²) in [6, 6.07) is 9.99. The van der Waals surface area contributed by atoms with Gasteiger partial charge in [-0.25, -0.2) is 0 Å². The van der Waals surface area contributed by atoms with E-state index < -0.39 is 0 Å². The second-order valence-electron chi connectivity index (χ2n) is 3.61. The van der Waals surface area contributed by atoms with E-state index in [-0.39, 0.29) is 0 Å². The molecule has 2 aromatic rings. The first-order chi connectivity index (χ1) is 7.81.